The summed E-state index contributed by atoms with van der Waals surface area (Å²) in [5.74, 6) is -0.477. The average molecular weight is 567 g/mol. The second-order valence-corrected chi connectivity index (χ2v) is 11.6. The summed E-state index contributed by atoms with van der Waals surface area (Å²) in [7, 11) is 1.89. The van der Waals surface area contributed by atoms with Crippen LogP contribution in [0.25, 0.3) is 5.69 Å². The largest absolute Gasteiger partial charge is 0.459 e. The summed E-state index contributed by atoms with van der Waals surface area (Å²) in [5.41, 5.74) is 2.14. The number of aliphatic hydroxyl groups excluding tert-OH is 1. The van der Waals surface area contributed by atoms with Gasteiger partial charge >= 0.3 is 0 Å². The van der Waals surface area contributed by atoms with Crippen LogP contribution < -0.4 is 5.56 Å². The molecule has 9 heteroatoms. The molecule has 3 aliphatic rings. The number of aliphatic hydroxyl groups is 1. The summed E-state index contributed by atoms with van der Waals surface area (Å²) in [6, 6.07) is 10.1. The van der Waals surface area contributed by atoms with Crippen molar-refractivity contribution in [2.75, 3.05) is 39.4 Å². The van der Waals surface area contributed by atoms with E-state index < -0.39 is 6.29 Å². The molecule has 5 rings (SSSR count). The van der Waals surface area contributed by atoms with Crippen molar-refractivity contribution in [1.29, 1.82) is 0 Å². The highest BCUT2D eigenvalue weighted by Crippen LogP contribution is 2.40. The highest BCUT2D eigenvalue weighted by molar-refractivity contribution is 5.92. The number of carbonyl (C=O) groups excluding carboxylic acids is 1. The molecule has 0 spiro atoms. The van der Waals surface area contributed by atoms with E-state index in [9.17, 15) is 14.7 Å². The van der Waals surface area contributed by atoms with Gasteiger partial charge in [0.1, 0.15) is 0 Å². The zero-order valence-corrected chi connectivity index (χ0v) is 24.8. The van der Waals surface area contributed by atoms with Gasteiger partial charge in [-0.3, -0.25) is 14.3 Å². The van der Waals surface area contributed by atoms with Crippen LogP contribution in [0, 0.1) is 12.8 Å². The lowest BCUT2D eigenvalue weighted by Gasteiger charge is -2.41. The van der Waals surface area contributed by atoms with Crippen molar-refractivity contribution >= 4 is 5.91 Å². The average Bonchev–Trinajstić information content (AvgIpc) is 3.23. The molecule has 224 valence electrons. The SMILES string of the molecule is CCOC1OC(C(=O)N2CCC(N3CCCCC3)CC2)=CC(c2c(C)n(C)n(-c3ccccc3)c2=O)C1CCCO. The topological polar surface area (TPSA) is 89.2 Å². The Morgan fingerprint density at radius 2 is 1.78 bits per heavy atom. The molecule has 3 aliphatic heterocycles. The number of para-hydroxylation sites is 1. The van der Waals surface area contributed by atoms with Crippen LogP contribution in [-0.2, 0) is 21.3 Å². The number of allylic oxidation sites excluding steroid dienone is 1. The molecule has 3 unspecified atom stereocenters. The van der Waals surface area contributed by atoms with Crippen molar-refractivity contribution < 1.29 is 19.4 Å². The fourth-order valence-corrected chi connectivity index (χ4v) is 6.94. The summed E-state index contributed by atoms with van der Waals surface area (Å²) < 4.78 is 15.9. The lowest BCUT2D eigenvalue weighted by atomic mass is 9.80. The molecule has 1 aromatic heterocycles. The minimum Gasteiger partial charge on any atom is -0.459 e. The molecule has 3 atom stereocenters. The van der Waals surface area contributed by atoms with Crippen LogP contribution in [-0.4, -0.2) is 81.9 Å². The summed E-state index contributed by atoms with van der Waals surface area (Å²) in [6.07, 6.45) is 8.11. The molecule has 4 heterocycles. The van der Waals surface area contributed by atoms with Crippen LogP contribution in [0.1, 0.15) is 69.0 Å². The van der Waals surface area contributed by atoms with Crippen LogP contribution >= 0.6 is 0 Å². The number of amides is 1. The molecule has 1 N–H and O–H groups in total. The van der Waals surface area contributed by atoms with Gasteiger partial charge in [-0.25, -0.2) is 4.68 Å². The molecule has 9 nitrogen and oxygen atoms in total. The third-order valence-corrected chi connectivity index (χ3v) is 9.21. The number of nitrogens with zero attached hydrogens (tertiary/aromatic N) is 4. The van der Waals surface area contributed by atoms with Crippen LogP contribution in [0.4, 0.5) is 0 Å². The van der Waals surface area contributed by atoms with E-state index in [1.165, 1.54) is 19.3 Å². The second kappa shape index (κ2) is 13.4. The van der Waals surface area contributed by atoms with E-state index in [0.717, 1.165) is 37.3 Å². The first-order valence-electron chi connectivity index (χ1n) is 15.4. The first kappa shape index (κ1) is 29.6. The molecule has 2 fully saturated rings. The summed E-state index contributed by atoms with van der Waals surface area (Å²) in [4.78, 5) is 32.4. The number of rotatable bonds is 9. The molecule has 0 aliphatic carbocycles. The summed E-state index contributed by atoms with van der Waals surface area (Å²) in [5, 5.41) is 9.67. The van der Waals surface area contributed by atoms with Gasteiger partial charge in [0.15, 0.2) is 5.76 Å². The number of benzene rings is 1. The fraction of sp³-hybridized carbons (Fsp3) is 0.625. The number of piperidine rings is 2. The van der Waals surface area contributed by atoms with Crippen molar-refractivity contribution in [3.63, 3.8) is 0 Å². The van der Waals surface area contributed by atoms with Gasteiger partial charge in [0.2, 0.25) is 6.29 Å². The Hall–Kier alpha value is -2.88. The van der Waals surface area contributed by atoms with E-state index in [1.807, 2.05) is 66.9 Å². The van der Waals surface area contributed by atoms with E-state index in [-0.39, 0.29) is 35.7 Å². The van der Waals surface area contributed by atoms with Crippen LogP contribution in [0.3, 0.4) is 0 Å². The van der Waals surface area contributed by atoms with Gasteiger partial charge < -0.3 is 24.4 Å². The molecule has 0 saturated carbocycles. The Bertz CT molecular complexity index is 1250. The summed E-state index contributed by atoms with van der Waals surface area (Å²) >= 11 is 0. The van der Waals surface area contributed by atoms with Crippen LogP contribution in [0.5, 0.6) is 0 Å². The van der Waals surface area contributed by atoms with Crippen molar-refractivity contribution in [3.05, 3.63) is 63.8 Å². The lowest BCUT2D eigenvalue weighted by molar-refractivity contribution is -0.171. The first-order valence-corrected chi connectivity index (χ1v) is 15.4. The Kier molecular flexibility index (Phi) is 9.68. The number of carbonyl (C=O) groups is 1. The maximum absolute atomic E-state index is 14.0. The molecular formula is C32H46N4O5. The monoisotopic (exact) mass is 566 g/mol. The zero-order valence-electron chi connectivity index (χ0n) is 24.8. The molecule has 0 bridgehead atoms. The molecular weight excluding hydrogens is 520 g/mol. The molecule has 2 aromatic rings. The number of hydrogen-bond donors (Lipinski definition) is 1. The van der Waals surface area contributed by atoms with Crippen molar-refractivity contribution in [1.82, 2.24) is 19.2 Å². The van der Waals surface area contributed by atoms with Gasteiger partial charge in [0.05, 0.1) is 5.69 Å². The fourth-order valence-electron chi connectivity index (χ4n) is 6.94. The van der Waals surface area contributed by atoms with Crippen molar-refractivity contribution in [2.24, 2.45) is 13.0 Å². The highest BCUT2D eigenvalue weighted by Gasteiger charge is 2.42. The van der Waals surface area contributed by atoms with E-state index >= 15 is 0 Å². The number of likely N-dealkylation sites (tertiary alicyclic amines) is 2. The van der Waals surface area contributed by atoms with E-state index in [4.69, 9.17) is 9.47 Å². The standard InChI is InChI=1S/C32H46N4O5/c1-4-40-32-26(14-11-21-37)27(29-23(2)33(3)36(31(29)39)25-12-7-5-8-13-25)22-28(41-32)30(38)35-19-15-24(16-20-35)34-17-9-6-10-18-34/h5,7-8,12-13,22,24,26-27,32,37H,4,6,9-11,14-21H2,1-3H3. The Morgan fingerprint density at radius 3 is 2.44 bits per heavy atom. The predicted molar refractivity (Wildman–Crippen MR) is 158 cm³/mol. The third kappa shape index (κ3) is 6.17. The molecule has 1 amide bonds. The second-order valence-electron chi connectivity index (χ2n) is 11.6. The maximum atomic E-state index is 14.0. The van der Waals surface area contributed by atoms with Gasteiger partial charge in [-0.15, -0.1) is 0 Å². The smallest absolute Gasteiger partial charge is 0.288 e. The molecule has 2 saturated heterocycles. The lowest BCUT2D eigenvalue weighted by Crippen LogP contribution is -2.49. The first-order chi connectivity index (χ1) is 19.9. The number of aromatic nitrogens is 2. The highest BCUT2D eigenvalue weighted by atomic mass is 16.7. The quantitative estimate of drug-likeness (QED) is 0.498. The normalized spacial score (nSPS) is 24.2. The Labute approximate surface area is 243 Å². The number of ether oxygens (including phenoxy) is 2. The maximum Gasteiger partial charge on any atom is 0.288 e. The van der Waals surface area contributed by atoms with Gasteiger partial charge in [0.25, 0.3) is 11.5 Å². The summed E-state index contributed by atoms with van der Waals surface area (Å²) in [6.45, 7) is 8.03. The van der Waals surface area contributed by atoms with Gasteiger partial charge in [-0.1, -0.05) is 24.6 Å². The van der Waals surface area contributed by atoms with E-state index in [0.29, 0.717) is 44.1 Å². The zero-order chi connectivity index (χ0) is 28.9. The Balaban J connectivity index is 1.46. The van der Waals surface area contributed by atoms with E-state index in [2.05, 4.69) is 4.90 Å². The minimum absolute atomic E-state index is 0.0333. The number of hydrogen-bond acceptors (Lipinski definition) is 6. The van der Waals surface area contributed by atoms with E-state index in [1.54, 1.807) is 4.68 Å². The molecule has 0 radical (unpaired) electrons. The molecule has 1 aromatic carbocycles. The van der Waals surface area contributed by atoms with Crippen LogP contribution in [0.15, 0.2) is 47.0 Å². The minimum atomic E-state index is -0.685. The van der Waals surface area contributed by atoms with Gasteiger partial charge in [-0.05, 0) is 83.7 Å². The van der Waals surface area contributed by atoms with Crippen LogP contribution in [0.2, 0.25) is 0 Å². The predicted octanol–water partition coefficient (Wildman–Crippen LogP) is 3.71. The van der Waals surface area contributed by atoms with Gasteiger partial charge in [0, 0.05) is 62.5 Å². The van der Waals surface area contributed by atoms with Crippen molar-refractivity contribution in [2.45, 2.75) is 77.0 Å². The molecule has 41 heavy (non-hydrogen) atoms. The van der Waals surface area contributed by atoms with Gasteiger partial charge in [-0.2, -0.15) is 0 Å². The van der Waals surface area contributed by atoms with Crippen molar-refractivity contribution in [3.8, 4) is 5.69 Å². The third-order valence-electron chi connectivity index (χ3n) is 9.21. The Morgan fingerprint density at radius 1 is 1.07 bits per heavy atom.